The van der Waals surface area contributed by atoms with Crippen LogP contribution in [0.5, 0.6) is 0 Å². The minimum Gasteiger partial charge on any atom is -0.321 e. The van der Waals surface area contributed by atoms with E-state index < -0.39 is 17.8 Å². The number of alkyl halides is 3. The number of carbonyl (C=O) groups excluding carboxylic acids is 1. The molecular formula is C16H10F3N3O. The Morgan fingerprint density at radius 3 is 2.57 bits per heavy atom. The molecule has 2 heterocycles. The molecule has 0 radical (unpaired) electrons. The van der Waals surface area contributed by atoms with Crippen LogP contribution in [0.3, 0.4) is 0 Å². The smallest absolute Gasteiger partial charge is 0.321 e. The molecular weight excluding hydrogens is 307 g/mol. The van der Waals surface area contributed by atoms with Crippen LogP contribution in [0.25, 0.3) is 10.9 Å². The highest BCUT2D eigenvalue weighted by atomic mass is 19.4. The van der Waals surface area contributed by atoms with Gasteiger partial charge in [-0.15, -0.1) is 0 Å². The van der Waals surface area contributed by atoms with E-state index in [-0.39, 0.29) is 5.69 Å². The van der Waals surface area contributed by atoms with Crippen LogP contribution in [0.4, 0.5) is 18.9 Å². The molecule has 1 N–H and O–H groups in total. The van der Waals surface area contributed by atoms with Crippen molar-refractivity contribution in [3.63, 3.8) is 0 Å². The largest absolute Gasteiger partial charge is 0.433 e. The van der Waals surface area contributed by atoms with Gasteiger partial charge in [0.15, 0.2) is 0 Å². The van der Waals surface area contributed by atoms with Crippen LogP contribution in [-0.4, -0.2) is 15.9 Å². The number of nitrogens with zero attached hydrogens (tertiary/aromatic N) is 2. The van der Waals surface area contributed by atoms with E-state index in [1.54, 1.807) is 30.5 Å². The fraction of sp³-hybridized carbons (Fsp3) is 0.0625. The van der Waals surface area contributed by atoms with E-state index in [9.17, 15) is 18.0 Å². The lowest BCUT2D eigenvalue weighted by Crippen LogP contribution is -2.13. The molecule has 0 bridgehead atoms. The van der Waals surface area contributed by atoms with Crippen molar-refractivity contribution in [2.45, 2.75) is 6.18 Å². The van der Waals surface area contributed by atoms with Gasteiger partial charge in [-0.05, 0) is 30.3 Å². The number of aromatic nitrogens is 2. The Hall–Kier alpha value is -2.96. The first-order chi connectivity index (χ1) is 10.9. The van der Waals surface area contributed by atoms with Gasteiger partial charge in [-0.3, -0.25) is 9.78 Å². The number of hydrogen-bond donors (Lipinski definition) is 1. The Balaban J connectivity index is 1.80. The van der Waals surface area contributed by atoms with Gasteiger partial charge in [-0.1, -0.05) is 12.1 Å². The van der Waals surface area contributed by atoms with Gasteiger partial charge >= 0.3 is 6.18 Å². The lowest BCUT2D eigenvalue weighted by Gasteiger charge is -2.08. The van der Waals surface area contributed by atoms with Crippen LogP contribution in [0.2, 0.25) is 0 Å². The minimum absolute atomic E-state index is 0.184. The van der Waals surface area contributed by atoms with Gasteiger partial charge in [0.1, 0.15) is 5.69 Å². The summed E-state index contributed by atoms with van der Waals surface area (Å²) in [7, 11) is 0. The summed E-state index contributed by atoms with van der Waals surface area (Å²) in [5.41, 5.74) is 0.191. The molecule has 0 spiro atoms. The monoisotopic (exact) mass is 317 g/mol. The average molecular weight is 317 g/mol. The first-order valence-corrected chi connectivity index (χ1v) is 6.63. The zero-order valence-corrected chi connectivity index (χ0v) is 11.6. The van der Waals surface area contributed by atoms with Crippen LogP contribution in [0, 0.1) is 0 Å². The van der Waals surface area contributed by atoms with E-state index in [0.717, 1.165) is 23.7 Å². The van der Waals surface area contributed by atoms with Gasteiger partial charge in [0.25, 0.3) is 5.91 Å². The topological polar surface area (TPSA) is 54.9 Å². The zero-order valence-electron chi connectivity index (χ0n) is 11.6. The Morgan fingerprint density at radius 1 is 1.04 bits per heavy atom. The summed E-state index contributed by atoms with van der Waals surface area (Å²) in [5, 5.41) is 3.39. The van der Waals surface area contributed by atoms with Crippen LogP contribution in [0.15, 0.2) is 54.9 Å². The first kappa shape index (κ1) is 15.0. The summed E-state index contributed by atoms with van der Waals surface area (Å²) in [6.45, 7) is 0. The maximum absolute atomic E-state index is 12.4. The highest BCUT2D eigenvalue weighted by molar-refractivity contribution is 6.06. The number of anilines is 1. The number of hydrogen-bond acceptors (Lipinski definition) is 3. The van der Waals surface area contributed by atoms with E-state index in [1.165, 1.54) is 0 Å². The van der Waals surface area contributed by atoms with E-state index in [2.05, 4.69) is 15.3 Å². The van der Waals surface area contributed by atoms with Gasteiger partial charge in [0.05, 0.1) is 17.4 Å². The molecule has 0 saturated heterocycles. The third kappa shape index (κ3) is 3.28. The Kier molecular flexibility index (Phi) is 3.69. The summed E-state index contributed by atoms with van der Waals surface area (Å²) in [4.78, 5) is 19.6. The number of rotatable bonds is 2. The highest BCUT2D eigenvalue weighted by Gasteiger charge is 2.32. The second kappa shape index (κ2) is 5.68. The van der Waals surface area contributed by atoms with Gasteiger partial charge in [0, 0.05) is 17.1 Å². The number of halogens is 3. The van der Waals surface area contributed by atoms with Crippen molar-refractivity contribution in [1.29, 1.82) is 0 Å². The molecule has 0 atom stereocenters. The predicted molar refractivity (Wildman–Crippen MR) is 78.9 cm³/mol. The SMILES string of the molecule is O=C(Nc1ccc(C(F)(F)F)nc1)c1ccc2cccnc2c1. The standard InChI is InChI=1S/C16H10F3N3O/c17-16(18,19)14-6-5-12(9-21-14)22-15(23)11-4-3-10-2-1-7-20-13(10)8-11/h1-9H,(H,22,23). The highest BCUT2D eigenvalue weighted by Crippen LogP contribution is 2.27. The maximum Gasteiger partial charge on any atom is 0.433 e. The van der Waals surface area contributed by atoms with E-state index in [4.69, 9.17) is 0 Å². The van der Waals surface area contributed by atoms with Gasteiger partial charge < -0.3 is 5.32 Å². The van der Waals surface area contributed by atoms with Gasteiger partial charge in [-0.2, -0.15) is 13.2 Å². The summed E-state index contributed by atoms with van der Waals surface area (Å²) >= 11 is 0. The lowest BCUT2D eigenvalue weighted by atomic mass is 10.1. The van der Waals surface area contributed by atoms with Crippen molar-refractivity contribution < 1.29 is 18.0 Å². The Morgan fingerprint density at radius 2 is 1.87 bits per heavy atom. The van der Waals surface area contributed by atoms with E-state index in [1.807, 2.05) is 6.07 Å². The van der Waals surface area contributed by atoms with Gasteiger partial charge in [0.2, 0.25) is 0 Å². The van der Waals surface area contributed by atoms with Crippen molar-refractivity contribution in [1.82, 2.24) is 9.97 Å². The second-order valence-electron chi connectivity index (χ2n) is 4.79. The molecule has 3 rings (SSSR count). The van der Waals surface area contributed by atoms with E-state index in [0.29, 0.717) is 11.1 Å². The summed E-state index contributed by atoms with van der Waals surface area (Å²) in [6.07, 6.45) is -1.92. The number of amides is 1. The molecule has 0 fully saturated rings. The summed E-state index contributed by atoms with van der Waals surface area (Å²) < 4.78 is 37.3. The minimum atomic E-state index is -4.51. The number of carbonyl (C=O) groups is 1. The second-order valence-corrected chi connectivity index (χ2v) is 4.79. The quantitative estimate of drug-likeness (QED) is 0.780. The zero-order chi connectivity index (χ0) is 16.4. The molecule has 2 aromatic heterocycles. The molecule has 0 unspecified atom stereocenters. The van der Waals surface area contributed by atoms with Crippen molar-refractivity contribution in [3.05, 3.63) is 66.1 Å². The fourth-order valence-corrected chi connectivity index (χ4v) is 2.05. The third-order valence-corrected chi connectivity index (χ3v) is 3.18. The fourth-order valence-electron chi connectivity index (χ4n) is 2.05. The molecule has 1 aromatic carbocycles. The first-order valence-electron chi connectivity index (χ1n) is 6.63. The molecule has 116 valence electrons. The number of benzene rings is 1. The van der Waals surface area contributed by atoms with Crippen LogP contribution < -0.4 is 5.32 Å². The predicted octanol–water partition coefficient (Wildman–Crippen LogP) is 3.90. The molecule has 0 aliphatic carbocycles. The van der Waals surface area contributed by atoms with Crippen molar-refractivity contribution >= 4 is 22.5 Å². The third-order valence-electron chi connectivity index (χ3n) is 3.18. The maximum atomic E-state index is 12.4. The molecule has 0 aliphatic heterocycles. The van der Waals surface area contributed by atoms with Gasteiger partial charge in [-0.25, -0.2) is 4.98 Å². The molecule has 7 heteroatoms. The Bertz CT molecular complexity index is 860. The number of nitrogens with one attached hydrogen (secondary N) is 1. The molecule has 23 heavy (non-hydrogen) atoms. The summed E-state index contributed by atoms with van der Waals surface area (Å²) in [6, 6.07) is 10.6. The van der Waals surface area contributed by atoms with Crippen LogP contribution in [0.1, 0.15) is 16.1 Å². The van der Waals surface area contributed by atoms with Crippen molar-refractivity contribution in [2.75, 3.05) is 5.32 Å². The molecule has 3 aromatic rings. The molecule has 0 aliphatic rings. The number of fused-ring (bicyclic) bond motifs is 1. The average Bonchev–Trinajstić information content (AvgIpc) is 2.54. The van der Waals surface area contributed by atoms with Crippen molar-refractivity contribution in [3.8, 4) is 0 Å². The number of pyridine rings is 2. The van der Waals surface area contributed by atoms with E-state index >= 15 is 0 Å². The van der Waals surface area contributed by atoms with Crippen LogP contribution in [-0.2, 0) is 6.18 Å². The molecule has 1 amide bonds. The van der Waals surface area contributed by atoms with Crippen molar-refractivity contribution in [2.24, 2.45) is 0 Å². The Labute approximate surface area is 129 Å². The lowest BCUT2D eigenvalue weighted by molar-refractivity contribution is -0.141. The summed E-state index contributed by atoms with van der Waals surface area (Å²) in [5.74, 6) is -0.445. The molecule has 4 nitrogen and oxygen atoms in total. The van der Waals surface area contributed by atoms with Crippen LogP contribution >= 0.6 is 0 Å². The normalized spacial score (nSPS) is 11.4. The molecule has 0 saturated carbocycles.